The highest BCUT2D eigenvalue weighted by molar-refractivity contribution is 5.75. The molecule has 4 heteroatoms. The van der Waals surface area contributed by atoms with Gasteiger partial charge in [-0.05, 0) is 6.07 Å². The molecule has 0 radical (unpaired) electrons. The largest absolute Gasteiger partial charge is 0.356 e. The highest BCUT2D eigenvalue weighted by atomic mass is 16.1. The van der Waals surface area contributed by atoms with Crippen LogP contribution in [0.2, 0.25) is 0 Å². The molecule has 0 atom stereocenters. The summed E-state index contributed by atoms with van der Waals surface area (Å²) >= 11 is 0. The third kappa shape index (κ3) is 0.556. The molecule has 2 aromatic rings. The number of rotatable bonds is 0. The Labute approximate surface area is 55.9 Å². The Morgan fingerprint density at radius 1 is 1.50 bits per heavy atom. The molecule has 0 saturated carbocycles. The summed E-state index contributed by atoms with van der Waals surface area (Å²) in [5, 5.41) is 5.97. The first kappa shape index (κ1) is 5.22. The van der Waals surface area contributed by atoms with Gasteiger partial charge in [0.25, 0.3) is 0 Å². The number of nitrogens with one attached hydrogen (secondary N) is 3. The Kier molecular flexibility index (Phi) is 0.887. The van der Waals surface area contributed by atoms with Gasteiger partial charge in [0.15, 0.2) is 0 Å². The number of fused-ring (bicyclic) bond motifs is 1. The van der Waals surface area contributed by atoms with Gasteiger partial charge in [0.05, 0.1) is 5.39 Å². The van der Waals surface area contributed by atoms with Crippen LogP contribution in [0.1, 0.15) is 0 Å². The molecule has 0 unspecified atom stereocenters. The molecule has 0 aliphatic heterocycles. The second-order valence-corrected chi connectivity index (χ2v) is 2.05. The van der Waals surface area contributed by atoms with Crippen molar-refractivity contribution in [2.24, 2.45) is 0 Å². The summed E-state index contributed by atoms with van der Waals surface area (Å²) in [6.45, 7) is 0. The molecular formula is C6H6N3O+. The van der Waals surface area contributed by atoms with Gasteiger partial charge in [-0.25, -0.2) is 0 Å². The number of H-pyrrole nitrogens is 3. The van der Waals surface area contributed by atoms with Crippen molar-refractivity contribution < 1.29 is 5.10 Å². The van der Waals surface area contributed by atoms with Crippen LogP contribution >= 0.6 is 0 Å². The molecule has 0 amide bonds. The first-order valence-corrected chi connectivity index (χ1v) is 2.94. The fourth-order valence-corrected chi connectivity index (χ4v) is 0.940. The molecule has 0 spiro atoms. The zero-order chi connectivity index (χ0) is 6.97. The highest BCUT2D eigenvalue weighted by Gasteiger charge is 1.99. The molecular weight excluding hydrogens is 130 g/mol. The Hall–Kier alpha value is -1.58. The van der Waals surface area contributed by atoms with Crippen LogP contribution in [0.25, 0.3) is 10.9 Å². The van der Waals surface area contributed by atoms with E-state index in [1.54, 1.807) is 12.4 Å². The van der Waals surface area contributed by atoms with E-state index >= 15 is 0 Å². The fraction of sp³-hybridized carbons (Fsp3) is 0. The van der Waals surface area contributed by atoms with Crippen molar-refractivity contribution in [3.05, 3.63) is 28.8 Å². The van der Waals surface area contributed by atoms with Gasteiger partial charge in [-0.2, -0.15) is 0 Å². The van der Waals surface area contributed by atoms with E-state index in [9.17, 15) is 4.79 Å². The molecule has 2 heterocycles. The standard InChI is InChI=1S/C6H5N3O/c10-6-5-4(1-2-7-5)3-8-9-6/h1-3,7H,(H,9,10)/p+1. The monoisotopic (exact) mass is 136 g/mol. The first-order valence-electron chi connectivity index (χ1n) is 2.94. The predicted molar refractivity (Wildman–Crippen MR) is 35.5 cm³/mol. The molecule has 4 nitrogen and oxygen atoms in total. The summed E-state index contributed by atoms with van der Waals surface area (Å²) in [5.74, 6) is 0. The maximum atomic E-state index is 10.9. The minimum absolute atomic E-state index is 0.123. The lowest BCUT2D eigenvalue weighted by atomic mass is 10.4. The van der Waals surface area contributed by atoms with Crippen molar-refractivity contribution in [3.63, 3.8) is 0 Å². The molecule has 0 saturated heterocycles. The number of aromatic amines is 3. The summed E-state index contributed by atoms with van der Waals surface area (Å²) in [7, 11) is 0. The van der Waals surface area contributed by atoms with E-state index in [2.05, 4.69) is 15.2 Å². The fourth-order valence-electron chi connectivity index (χ4n) is 0.940. The third-order valence-electron chi connectivity index (χ3n) is 1.42. The Morgan fingerprint density at radius 2 is 2.40 bits per heavy atom. The van der Waals surface area contributed by atoms with Gasteiger partial charge in [0.2, 0.25) is 6.20 Å². The van der Waals surface area contributed by atoms with Crippen molar-refractivity contribution in [2.75, 3.05) is 0 Å². The van der Waals surface area contributed by atoms with E-state index in [-0.39, 0.29) is 5.56 Å². The van der Waals surface area contributed by atoms with Gasteiger partial charge in [-0.15, -0.1) is 10.2 Å². The summed E-state index contributed by atoms with van der Waals surface area (Å²) in [6.07, 6.45) is 3.46. The summed E-state index contributed by atoms with van der Waals surface area (Å²) < 4.78 is 0. The summed E-state index contributed by atoms with van der Waals surface area (Å²) in [4.78, 5) is 13.7. The van der Waals surface area contributed by atoms with E-state index in [4.69, 9.17) is 0 Å². The first-order chi connectivity index (χ1) is 4.88. The van der Waals surface area contributed by atoms with E-state index in [1.165, 1.54) is 0 Å². The van der Waals surface area contributed by atoms with Crippen molar-refractivity contribution in [1.82, 2.24) is 10.1 Å². The van der Waals surface area contributed by atoms with Crippen LogP contribution in [0.5, 0.6) is 0 Å². The maximum absolute atomic E-state index is 10.9. The highest BCUT2D eigenvalue weighted by Crippen LogP contribution is 2.00. The molecule has 10 heavy (non-hydrogen) atoms. The van der Waals surface area contributed by atoms with Crippen LogP contribution in [-0.2, 0) is 0 Å². The van der Waals surface area contributed by atoms with E-state index in [0.717, 1.165) is 5.39 Å². The predicted octanol–water partition coefficient (Wildman–Crippen LogP) is -0.330. The van der Waals surface area contributed by atoms with Crippen molar-refractivity contribution in [1.29, 1.82) is 0 Å². The second kappa shape index (κ2) is 1.70. The Balaban J connectivity index is 3.09. The van der Waals surface area contributed by atoms with Crippen LogP contribution in [-0.4, -0.2) is 10.1 Å². The quantitative estimate of drug-likeness (QED) is 0.511. The van der Waals surface area contributed by atoms with Gasteiger partial charge in [0.1, 0.15) is 5.52 Å². The van der Waals surface area contributed by atoms with Crippen molar-refractivity contribution in [2.45, 2.75) is 0 Å². The van der Waals surface area contributed by atoms with Crippen molar-refractivity contribution in [3.8, 4) is 0 Å². The molecule has 3 N–H and O–H groups in total. The number of hydrogen-bond donors (Lipinski definition) is 2. The molecule has 0 bridgehead atoms. The van der Waals surface area contributed by atoms with Gasteiger partial charge >= 0.3 is 5.56 Å². The smallest absolute Gasteiger partial charge is 0.322 e. The average Bonchev–Trinajstić information content (AvgIpc) is 2.36. The zero-order valence-corrected chi connectivity index (χ0v) is 5.14. The van der Waals surface area contributed by atoms with Gasteiger partial charge in [-0.3, -0.25) is 4.79 Å². The van der Waals surface area contributed by atoms with Crippen LogP contribution in [0, 0.1) is 0 Å². The SMILES string of the molecule is O=c1[nH][nH+]cc2cc[nH]c12. The van der Waals surface area contributed by atoms with Gasteiger partial charge in [0, 0.05) is 6.20 Å². The molecule has 0 fully saturated rings. The van der Waals surface area contributed by atoms with E-state index in [1.807, 2.05) is 6.07 Å². The molecule has 0 aromatic carbocycles. The molecule has 2 rings (SSSR count). The molecule has 2 aromatic heterocycles. The lowest BCUT2D eigenvalue weighted by Gasteiger charge is -1.78. The normalized spacial score (nSPS) is 10.4. The van der Waals surface area contributed by atoms with E-state index < -0.39 is 0 Å². The van der Waals surface area contributed by atoms with Gasteiger partial charge in [-0.1, -0.05) is 0 Å². The average molecular weight is 136 g/mol. The van der Waals surface area contributed by atoms with Crippen molar-refractivity contribution >= 4 is 10.9 Å². The molecule has 0 aliphatic rings. The van der Waals surface area contributed by atoms with Crippen LogP contribution in [0.4, 0.5) is 0 Å². The molecule has 0 aliphatic carbocycles. The lowest BCUT2D eigenvalue weighted by Crippen LogP contribution is -2.20. The zero-order valence-electron chi connectivity index (χ0n) is 5.14. The lowest BCUT2D eigenvalue weighted by molar-refractivity contribution is -0.455. The Bertz CT molecular complexity index is 400. The van der Waals surface area contributed by atoms with Crippen LogP contribution in [0.15, 0.2) is 23.3 Å². The number of hydrogen-bond acceptors (Lipinski definition) is 1. The Morgan fingerprint density at radius 3 is 3.20 bits per heavy atom. The minimum Gasteiger partial charge on any atom is -0.356 e. The van der Waals surface area contributed by atoms with E-state index in [0.29, 0.717) is 5.52 Å². The molecule has 50 valence electrons. The summed E-state index contributed by atoms with van der Waals surface area (Å²) in [5.41, 5.74) is 0.487. The topological polar surface area (TPSA) is 62.8 Å². The minimum atomic E-state index is -0.123. The van der Waals surface area contributed by atoms with Gasteiger partial charge < -0.3 is 4.98 Å². The maximum Gasteiger partial charge on any atom is 0.322 e. The number of aromatic nitrogens is 3. The summed E-state index contributed by atoms with van der Waals surface area (Å²) in [6, 6.07) is 1.83. The third-order valence-corrected chi connectivity index (χ3v) is 1.42. The second-order valence-electron chi connectivity index (χ2n) is 2.05. The van der Waals surface area contributed by atoms with Crippen LogP contribution < -0.4 is 10.7 Å². The van der Waals surface area contributed by atoms with Crippen LogP contribution in [0.3, 0.4) is 0 Å².